The number of esters is 1. The summed E-state index contributed by atoms with van der Waals surface area (Å²) in [6.07, 6.45) is 3.79. The number of fused-ring (bicyclic) bond motifs is 1. The van der Waals surface area contributed by atoms with E-state index in [0.717, 1.165) is 31.5 Å². The first-order chi connectivity index (χ1) is 13.1. The van der Waals surface area contributed by atoms with E-state index in [4.69, 9.17) is 14.2 Å². The second kappa shape index (κ2) is 8.73. The molecule has 0 aliphatic carbocycles. The lowest BCUT2D eigenvalue weighted by molar-refractivity contribution is 0.0715. The Kier molecular flexibility index (Phi) is 6.14. The lowest BCUT2D eigenvalue weighted by Crippen LogP contribution is -2.18. The maximum Gasteiger partial charge on any atom is 0.344 e. The Morgan fingerprint density at radius 1 is 1.04 bits per heavy atom. The fourth-order valence-electron chi connectivity index (χ4n) is 3.18. The van der Waals surface area contributed by atoms with Gasteiger partial charge in [-0.15, -0.1) is 0 Å². The standard InChI is InChI=1S/C22H25NO4/c1-23(15-16-9-5-4-6-10-16)12-8-7-11-19-17-13-20(25-2)21(26-3)14-18(17)22(24)27-19/h4-6,9-11,13-14H,7-8,12,15H2,1-3H3/b19-11+. The number of hydrogen-bond donors (Lipinski definition) is 0. The normalized spacial score (nSPS) is 14.4. The van der Waals surface area contributed by atoms with E-state index in [0.29, 0.717) is 22.8 Å². The van der Waals surface area contributed by atoms with Crippen LogP contribution < -0.4 is 9.47 Å². The summed E-state index contributed by atoms with van der Waals surface area (Å²) in [5, 5.41) is 0. The van der Waals surface area contributed by atoms with Crippen LogP contribution in [-0.4, -0.2) is 38.7 Å². The number of carbonyl (C=O) groups is 1. The number of carbonyl (C=O) groups excluding carboxylic acids is 1. The zero-order chi connectivity index (χ0) is 19.2. The largest absolute Gasteiger partial charge is 0.493 e. The number of allylic oxidation sites excluding steroid dienone is 1. The summed E-state index contributed by atoms with van der Waals surface area (Å²) < 4.78 is 16.0. The molecule has 0 radical (unpaired) electrons. The number of ether oxygens (including phenoxy) is 3. The third-order valence-electron chi connectivity index (χ3n) is 4.58. The molecule has 0 unspecified atom stereocenters. The first-order valence-electron chi connectivity index (χ1n) is 9.03. The molecule has 0 saturated carbocycles. The predicted octanol–water partition coefficient (Wildman–Crippen LogP) is 4.13. The number of unbranched alkanes of at least 4 members (excludes halogenated alkanes) is 1. The van der Waals surface area contributed by atoms with Crippen molar-refractivity contribution in [3.63, 3.8) is 0 Å². The van der Waals surface area contributed by atoms with Gasteiger partial charge in [-0.05, 0) is 50.2 Å². The highest BCUT2D eigenvalue weighted by molar-refractivity contribution is 6.03. The third-order valence-corrected chi connectivity index (χ3v) is 4.58. The highest BCUT2D eigenvalue weighted by Gasteiger charge is 2.28. The van der Waals surface area contributed by atoms with Gasteiger partial charge in [-0.1, -0.05) is 30.3 Å². The molecule has 5 nitrogen and oxygen atoms in total. The molecular weight excluding hydrogens is 342 g/mol. The van der Waals surface area contributed by atoms with Crippen molar-refractivity contribution in [1.29, 1.82) is 0 Å². The highest BCUT2D eigenvalue weighted by Crippen LogP contribution is 2.38. The molecule has 0 spiro atoms. The first kappa shape index (κ1) is 19.0. The number of nitrogens with zero attached hydrogens (tertiary/aromatic N) is 1. The second-order valence-electron chi connectivity index (χ2n) is 6.58. The zero-order valence-electron chi connectivity index (χ0n) is 16.0. The van der Waals surface area contributed by atoms with E-state index < -0.39 is 0 Å². The second-order valence-corrected chi connectivity index (χ2v) is 6.58. The molecule has 2 aromatic carbocycles. The molecule has 0 amide bonds. The quantitative estimate of drug-likeness (QED) is 0.519. The topological polar surface area (TPSA) is 48.0 Å². The minimum Gasteiger partial charge on any atom is -0.493 e. The van der Waals surface area contributed by atoms with Crippen LogP contribution in [0.2, 0.25) is 0 Å². The Labute approximate surface area is 160 Å². The van der Waals surface area contributed by atoms with Gasteiger partial charge >= 0.3 is 5.97 Å². The van der Waals surface area contributed by atoms with Crippen molar-refractivity contribution in [1.82, 2.24) is 4.90 Å². The van der Waals surface area contributed by atoms with Gasteiger partial charge in [0.2, 0.25) is 0 Å². The van der Waals surface area contributed by atoms with E-state index in [2.05, 4.69) is 36.2 Å². The molecule has 1 heterocycles. The molecule has 0 atom stereocenters. The summed E-state index contributed by atoms with van der Waals surface area (Å²) in [7, 11) is 5.24. The molecule has 142 valence electrons. The predicted molar refractivity (Wildman–Crippen MR) is 105 cm³/mol. The summed E-state index contributed by atoms with van der Waals surface area (Å²) in [4.78, 5) is 14.4. The van der Waals surface area contributed by atoms with Crippen LogP contribution in [0, 0.1) is 0 Å². The zero-order valence-corrected chi connectivity index (χ0v) is 16.0. The Morgan fingerprint density at radius 3 is 2.37 bits per heavy atom. The summed E-state index contributed by atoms with van der Waals surface area (Å²) >= 11 is 0. The van der Waals surface area contributed by atoms with Crippen LogP contribution in [0.15, 0.2) is 48.5 Å². The van der Waals surface area contributed by atoms with Crippen molar-refractivity contribution in [3.05, 3.63) is 65.2 Å². The smallest absolute Gasteiger partial charge is 0.344 e. The van der Waals surface area contributed by atoms with Crippen LogP contribution in [0.25, 0.3) is 5.76 Å². The average Bonchev–Trinajstić information content (AvgIpc) is 2.99. The van der Waals surface area contributed by atoms with Crippen molar-refractivity contribution in [2.24, 2.45) is 0 Å². The van der Waals surface area contributed by atoms with Crippen LogP contribution in [-0.2, 0) is 11.3 Å². The molecular formula is C22H25NO4. The molecule has 1 aliphatic rings. The van der Waals surface area contributed by atoms with Crippen molar-refractivity contribution in [3.8, 4) is 11.5 Å². The minimum atomic E-state index is -0.349. The van der Waals surface area contributed by atoms with Gasteiger partial charge in [0.05, 0.1) is 19.8 Å². The van der Waals surface area contributed by atoms with E-state index in [1.54, 1.807) is 26.4 Å². The van der Waals surface area contributed by atoms with Crippen molar-refractivity contribution in [2.75, 3.05) is 27.8 Å². The Balaban J connectivity index is 1.60. The van der Waals surface area contributed by atoms with E-state index in [1.165, 1.54) is 5.56 Å². The van der Waals surface area contributed by atoms with Gasteiger partial charge in [0, 0.05) is 12.1 Å². The van der Waals surface area contributed by atoms with Gasteiger partial charge in [-0.2, -0.15) is 0 Å². The maximum absolute atomic E-state index is 12.1. The Hall–Kier alpha value is -2.79. The van der Waals surface area contributed by atoms with E-state index in [1.807, 2.05) is 12.1 Å². The summed E-state index contributed by atoms with van der Waals surface area (Å²) in [5.41, 5.74) is 2.58. The van der Waals surface area contributed by atoms with E-state index in [-0.39, 0.29) is 5.97 Å². The number of methoxy groups -OCH3 is 2. The van der Waals surface area contributed by atoms with Gasteiger partial charge < -0.3 is 19.1 Å². The molecule has 0 aromatic heterocycles. The number of rotatable bonds is 8. The molecule has 27 heavy (non-hydrogen) atoms. The molecule has 5 heteroatoms. The molecule has 1 aliphatic heterocycles. The number of cyclic esters (lactones) is 1. The van der Waals surface area contributed by atoms with Crippen LogP contribution >= 0.6 is 0 Å². The van der Waals surface area contributed by atoms with Gasteiger partial charge in [-0.25, -0.2) is 4.79 Å². The van der Waals surface area contributed by atoms with E-state index >= 15 is 0 Å². The molecule has 3 rings (SSSR count). The van der Waals surface area contributed by atoms with Gasteiger partial charge in [0.25, 0.3) is 0 Å². The molecule has 0 N–H and O–H groups in total. The number of benzene rings is 2. The minimum absolute atomic E-state index is 0.349. The van der Waals surface area contributed by atoms with Crippen LogP contribution in [0.3, 0.4) is 0 Å². The average molecular weight is 367 g/mol. The molecule has 0 fully saturated rings. The van der Waals surface area contributed by atoms with Crippen molar-refractivity contribution < 1.29 is 19.0 Å². The van der Waals surface area contributed by atoms with Crippen LogP contribution in [0.5, 0.6) is 11.5 Å². The summed E-state index contributed by atoms with van der Waals surface area (Å²) in [6, 6.07) is 13.9. The fourth-order valence-corrected chi connectivity index (χ4v) is 3.18. The molecule has 0 bridgehead atoms. The molecule has 0 saturated heterocycles. The lowest BCUT2D eigenvalue weighted by Gasteiger charge is -2.16. The highest BCUT2D eigenvalue weighted by atomic mass is 16.5. The summed E-state index contributed by atoms with van der Waals surface area (Å²) in [6.45, 7) is 1.89. The van der Waals surface area contributed by atoms with Gasteiger partial charge in [0.1, 0.15) is 5.76 Å². The monoisotopic (exact) mass is 367 g/mol. The SMILES string of the molecule is COc1cc2c(cc1OC)/C(=C\CCCN(C)Cc1ccccc1)OC2=O. The first-order valence-corrected chi connectivity index (χ1v) is 9.03. The Bertz CT molecular complexity index is 830. The maximum atomic E-state index is 12.1. The van der Waals surface area contributed by atoms with Crippen molar-refractivity contribution >= 4 is 11.7 Å². The Morgan fingerprint density at radius 2 is 1.70 bits per heavy atom. The van der Waals surface area contributed by atoms with E-state index in [9.17, 15) is 4.79 Å². The molecule has 2 aromatic rings. The number of hydrogen-bond acceptors (Lipinski definition) is 5. The fraction of sp³-hybridized carbons (Fsp3) is 0.318. The van der Waals surface area contributed by atoms with Crippen LogP contribution in [0.4, 0.5) is 0 Å². The summed E-state index contributed by atoms with van der Waals surface area (Å²) in [5.74, 6) is 1.36. The van der Waals surface area contributed by atoms with Gasteiger partial charge in [0.15, 0.2) is 11.5 Å². The van der Waals surface area contributed by atoms with Gasteiger partial charge in [-0.3, -0.25) is 0 Å². The lowest BCUT2D eigenvalue weighted by atomic mass is 10.1. The third kappa shape index (κ3) is 4.49. The van der Waals surface area contributed by atoms with Crippen LogP contribution in [0.1, 0.15) is 34.3 Å². The van der Waals surface area contributed by atoms with Crippen molar-refractivity contribution in [2.45, 2.75) is 19.4 Å².